The maximum absolute atomic E-state index is 13.1. The van der Waals surface area contributed by atoms with Gasteiger partial charge in [-0.15, -0.1) is 0 Å². The summed E-state index contributed by atoms with van der Waals surface area (Å²) in [6, 6.07) is 0. The molecule has 0 aromatic carbocycles. The van der Waals surface area contributed by atoms with Gasteiger partial charge in [0.05, 0.1) is 26.4 Å². The van der Waals surface area contributed by atoms with E-state index in [0.29, 0.717) is 38.5 Å². The van der Waals surface area contributed by atoms with Crippen LogP contribution in [0.1, 0.15) is 259 Å². The van der Waals surface area contributed by atoms with Gasteiger partial charge < -0.3 is 33.8 Å². The molecular formula is C89H138O17P2. The van der Waals surface area contributed by atoms with Gasteiger partial charge in [-0.25, -0.2) is 9.13 Å². The van der Waals surface area contributed by atoms with E-state index in [-0.39, 0.29) is 25.7 Å². The van der Waals surface area contributed by atoms with Crippen molar-refractivity contribution in [2.45, 2.75) is 277 Å². The Hall–Kier alpha value is -6.62. The molecule has 0 amide bonds. The lowest BCUT2D eigenvalue weighted by atomic mass is 10.1. The van der Waals surface area contributed by atoms with Gasteiger partial charge in [0.1, 0.15) is 19.3 Å². The Morgan fingerprint density at radius 3 is 0.778 bits per heavy atom. The average molecular weight is 1540 g/mol. The second kappa shape index (κ2) is 78.5. The van der Waals surface area contributed by atoms with Crippen LogP contribution < -0.4 is 0 Å². The van der Waals surface area contributed by atoms with Crippen molar-refractivity contribution in [1.29, 1.82) is 0 Å². The van der Waals surface area contributed by atoms with Crippen molar-refractivity contribution >= 4 is 39.5 Å². The second-order valence-electron chi connectivity index (χ2n) is 25.5. The first-order chi connectivity index (χ1) is 52.7. The molecule has 0 saturated heterocycles. The minimum atomic E-state index is -5.02. The van der Waals surface area contributed by atoms with Gasteiger partial charge >= 0.3 is 39.5 Å². The van der Waals surface area contributed by atoms with Crippen LogP contribution in [0.4, 0.5) is 0 Å². The van der Waals surface area contributed by atoms with Crippen LogP contribution >= 0.6 is 15.6 Å². The normalized spacial score (nSPS) is 15.0. The lowest BCUT2D eigenvalue weighted by molar-refractivity contribution is -0.161. The molecule has 0 saturated carbocycles. The summed E-state index contributed by atoms with van der Waals surface area (Å²) >= 11 is 0. The Balaban J connectivity index is 5.54. The maximum Gasteiger partial charge on any atom is 0.472 e. The second-order valence-corrected chi connectivity index (χ2v) is 28.4. The number of esters is 4. The van der Waals surface area contributed by atoms with E-state index < -0.39 is 97.5 Å². The summed E-state index contributed by atoms with van der Waals surface area (Å²) in [6.45, 7) is 4.18. The van der Waals surface area contributed by atoms with Crippen molar-refractivity contribution in [2.24, 2.45) is 0 Å². The maximum atomic E-state index is 13.1. The molecule has 0 spiro atoms. The summed E-state index contributed by atoms with van der Waals surface area (Å²) in [5, 5.41) is 10.6. The van der Waals surface area contributed by atoms with Gasteiger partial charge in [0, 0.05) is 25.7 Å². The topological polar surface area (TPSA) is 237 Å². The van der Waals surface area contributed by atoms with Crippen LogP contribution in [0.2, 0.25) is 0 Å². The summed E-state index contributed by atoms with van der Waals surface area (Å²) < 4.78 is 68.5. The minimum absolute atomic E-state index is 0.0214. The molecule has 0 aliphatic rings. The van der Waals surface area contributed by atoms with Crippen molar-refractivity contribution in [3.8, 4) is 0 Å². The van der Waals surface area contributed by atoms with Crippen LogP contribution in [0.3, 0.4) is 0 Å². The molecule has 0 aromatic heterocycles. The predicted molar refractivity (Wildman–Crippen MR) is 445 cm³/mol. The van der Waals surface area contributed by atoms with Crippen LogP contribution in [0, 0.1) is 0 Å². The Morgan fingerprint density at radius 2 is 0.472 bits per heavy atom. The van der Waals surface area contributed by atoms with Crippen LogP contribution in [0.25, 0.3) is 0 Å². The van der Waals surface area contributed by atoms with E-state index in [1.807, 2.05) is 18.2 Å². The number of ether oxygens (including phenoxy) is 4. The summed E-state index contributed by atoms with van der Waals surface area (Å²) in [5.41, 5.74) is 0. The van der Waals surface area contributed by atoms with E-state index in [9.17, 15) is 43.2 Å². The molecule has 3 N–H and O–H groups in total. The van der Waals surface area contributed by atoms with Crippen molar-refractivity contribution in [3.05, 3.63) is 219 Å². The van der Waals surface area contributed by atoms with Crippen molar-refractivity contribution < 1.29 is 80.2 Å². The average Bonchev–Trinajstić information content (AvgIpc) is 0.923. The van der Waals surface area contributed by atoms with Crippen LogP contribution in [-0.2, 0) is 65.4 Å². The van der Waals surface area contributed by atoms with Crippen molar-refractivity contribution in [3.63, 3.8) is 0 Å². The summed E-state index contributed by atoms with van der Waals surface area (Å²) in [7, 11) is -10.0. The van der Waals surface area contributed by atoms with E-state index in [2.05, 4.69) is 228 Å². The number of phosphoric ester groups is 2. The fourth-order valence-corrected chi connectivity index (χ4v) is 11.1. The Kier molecular flexibility index (Phi) is 73.7. The SMILES string of the molecule is CC/C=C\C/C=C\C/C=C\C/C=C\C/C=C\C/C=C\CCC(=O)OCC(COP(=O)(O)OCC(O)COP(=O)(O)OCC(COC(=O)CCCCC/C=C\C/C=C\C/C=C\C/C=C\C/C=C\CC)OC(=O)CCCC/C=C\C/C=C\C/C=C\C/C=C\CC)OC(=O)CCCCCCC/C=C\C/C=C\C/C=C\CC. The molecule has 0 aromatic rings. The fourth-order valence-electron chi connectivity index (χ4n) is 9.51. The quantitative estimate of drug-likeness (QED) is 0.0169. The fraction of sp³-hybridized carbons (Fsp3) is 0.551. The zero-order valence-electron chi connectivity index (χ0n) is 66.2. The molecule has 0 radical (unpaired) electrons. The standard InChI is InChI=1S/C89H138O17P2/c1-5-9-13-17-21-25-29-33-37-39-41-43-47-49-53-57-61-65-69-73-86(91)99-79-84(105-88(93)75-71-67-63-59-55-51-45-35-31-27-23-19-15-11-7-3)81-103-107(95,96)101-77-83(90)78-102-108(97,98)104-82-85(106-89(94)76-72-68-64-60-56-52-46-36-32-28-24-20-16-12-8-4)80-100-87(92)74-70-66-62-58-54-50-48-44-42-40-38-34-30-26-22-18-14-10-6-2/h9-16,21-28,33-38,41-46,49-50,53-55,59,62,66,83-85,90H,5-8,17-20,29-32,39-40,47-48,51-52,56-58,60-61,63-65,67-82H2,1-4H3,(H,95,96)(H,97,98)/b13-9-,14-10-,15-11-,16-12-,25-21-,26-22-,27-23-,28-24-,37-33-,38-34-,43-41-,44-42-,45-35-,46-36-,53-49-,54-50-,59-55-,66-62-. The van der Waals surface area contributed by atoms with Gasteiger partial charge in [0.2, 0.25) is 0 Å². The number of allylic oxidation sites excluding steroid dienone is 36. The van der Waals surface area contributed by atoms with Crippen LogP contribution in [-0.4, -0.2) is 96.7 Å². The summed E-state index contributed by atoms with van der Waals surface area (Å²) in [6.07, 6.45) is 99.4. The first kappa shape index (κ1) is 101. The largest absolute Gasteiger partial charge is 0.472 e. The molecule has 5 unspecified atom stereocenters. The van der Waals surface area contributed by atoms with Gasteiger partial charge in [0.25, 0.3) is 0 Å². The molecule has 0 rings (SSSR count). The molecule has 606 valence electrons. The van der Waals surface area contributed by atoms with Gasteiger partial charge in [-0.3, -0.25) is 37.3 Å². The third kappa shape index (κ3) is 77.5. The number of carbonyl (C=O) groups is 4. The monoisotopic (exact) mass is 1540 g/mol. The lowest BCUT2D eigenvalue weighted by Gasteiger charge is -2.21. The molecule has 0 fully saturated rings. The van der Waals surface area contributed by atoms with Crippen molar-refractivity contribution in [2.75, 3.05) is 39.6 Å². The first-order valence-corrected chi connectivity index (χ1v) is 43.0. The highest BCUT2D eigenvalue weighted by molar-refractivity contribution is 7.47. The van der Waals surface area contributed by atoms with Gasteiger partial charge in [0.15, 0.2) is 12.2 Å². The Bertz CT molecular complexity index is 2910. The molecule has 108 heavy (non-hydrogen) atoms. The van der Waals surface area contributed by atoms with Gasteiger partial charge in [-0.05, 0) is 180 Å². The van der Waals surface area contributed by atoms with E-state index >= 15 is 0 Å². The molecule has 19 heteroatoms. The molecular weight excluding hydrogens is 1400 g/mol. The molecule has 0 aliphatic heterocycles. The summed E-state index contributed by atoms with van der Waals surface area (Å²) in [5.74, 6) is -2.41. The Morgan fingerprint density at radius 1 is 0.259 bits per heavy atom. The van der Waals surface area contributed by atoms with Gasteiger partial charge in [-0.1, -0.05) is 272 Å². The van der Waals surface area contributed by atoms with Crippen molar-refractivity contribution in [1.82, 2.24) is 0 Å². The lowest BCUT2D eigenvalue weighted by Crippen LogP contribution is -2.30. The molecule has 0 aliphatic carbocycles. The summed E-state index contributed by atoms with van der Waals surface area (Å²) in [4.78, 5) is 73.0. The number of hydrogen-bond donors (Lipinski definition) is 3. The number of aliphatic hydroxyl groups is 1. The van der Waals surface area contributed by atoms with E-state index in [4.69, 9.17) is 37.0 Å². The Labute approximate surface area is 651 Å². The number of phosphoric acid groups is 2. The molecule has 17 nitrogen and oxygen atoms in total. The highest BCUT2D eigenvalue weighted by atomic mass is 31.2. The van der Waals surface area contributed by atoms with Crippen LogP contribution in [0.15, 0.2) is 219 Å². The zero-order valence-corrected chi connectivity index (χ0v) is 68.0. The highest BCUT2D eigenvalue weighted by Crippen LogP contribution is 2.45. The first-order valence-electron chi connectivity index (χ1n) is 40.0. The number of aliphatic hydroxyl groups excluding tert-OH is 1. The minimum Gasteiger partial charge on any atom is -0.462 e. The highest BCUT2D eigenvalue weighted by Gasteiger charge is 2.30. The third-order valence-electron chi connectivity index (χ3n) is 15.4. The number of hydrogen-bond acceptors (Lipinski definition) is 15. The molecule has 5 atom stereocenters. The van der Waals surface area contributed by atoms with E-state index in [0.717, 1.165) is 167 Å². The number of rotatable bonds is 72. The molecule has 0 heterocycles. The third-order valence-corrected chi connectivity index (χ3v) is 17.3. The predicted octanol–water partition coefficient (Wildman–Crippen LogP) is 23.7. The van der Waals surface area contributed by atoms with Crippen LogP contribution in [0.5, 0.6) is 0 Å². The van der Waals surface area contributed by atoms with E-state index in [1.165, 1.54) is 0 Å². The smallest absolute Gasteiger partial charge is 0.462 e. The zero-order chi connectivity index (χ0) is 78.9. The number of carbonyl (C=O) groups excluding carboxylic acids is 4. The number of unbranched alkanes of at least 4 members (excludes halogenated alkanes) is 10. The molecule has 0 bridgehead atoms. The van der Waals surface area contributed by atoms with E-state index in [1.54, 1.807) is 0 Å². The van der Waals surface area contributed by atoms with Gasteiger partial charge in [-0.2, -0.15) is 0 Å².